The predicted octanol–water partition coefficient (Wildman–Crippen LogP) is -1.11. The van der Waals surface area contributed by atoms with Crippen LogP contribution in [0, 0.1) is 11.8 Å². The summed E-state index contributed by atoms with van der Waals surface area (Å²) in [5.41, 5.74) is 0. The van der Waals surface area contributed by atoms with Gasteiger partial charge in [-0.15, -0.1) is 0 Å². The second-order valence-electron chi connectivity index (χ2n) is 3.69. The molecule has 0 aromatic rings. The molecular weight excluding hydrogens is 312 g/mol. The zero-order chi connectivity index (χ0) is 15.5. The van der Waals surface area contributed by atoms with Crippen LogP contribution in [0.4, 0.5) is 0 Å². The van der Waals surface area contributed by atoms with E-state index in [0.717, 1.165) is 0 Å². The summed E-state index contributed by atoms with van der Waals surface area (Å²) >= 11 is 0. The van der Waals surface area contributed by atoms with Crippen molar-refractivity contribution in [1.82, 2.24) is 0 Å². The highest BCUT2D eigenvalue weighted by Gasteiger charge is 1.95. The van der Waals surface area contributed by atoms with E-state index in [1.165, 1.54) is 0 Å². The lowest BCUT2D eigenvalue weighted by atomic mass is 10.5. The van der Waals surface area contributed by atoms with Crippen molar-refractivity contribution in [3.05, 3.63) is 0 Å². The van der Waals surface area contributed by atoms with Crippen LogP contribution in [-0.2, 0) is 29.7 Å². The normalized spacial score (nSPS) is 11.9. The van der Waals surface area contributed by atoms with E-state index in [9.17, 15) is 25.9 Å². The fraction of sp³-hybridized carbons (Fsp3) is 0.800. The first-order chi connectivity index (χ1) is 9.21. The Hall–Kier alpha value is -0.700. The van der Waals surface area contributed by atoms with E-state index in [-0.39, 0.29) is 39.3 Å². The van der Waals surface area contributed by atoms with Crippen LogP contribution in [0.15, 0.2) is 0 Å². The van der Waals surface area contributed by atoms with E-state index in [1.807, 2.05) is 0 Å². The first kappa shape index (κ1) is 19.3. The number of ether oxygens (including phenoxy) is 2. The molecule has 0 aliphatic carbocycles. The maximum atomic E-state index is 10.2. The van der Waals surface area contributed by atoms with Gasteiger partial charge in [0.1, 0.15) is 13.2 Å². The maximum absolute atomic E-state index is 10.2. The molecule has 0 aliphatic rings. The van der Waals surface area contributed by atoms with Crippen molar-refractivity contribution in [2.45, 2.75) is 12.8 Å². The van der Waals surface area contributed by atoms with Crippen LogP contribution in [0.2, 0.25) is 0 Å². The van der Waals surface area contributed by atoms with E-state index >= 15 is 0 Å². The monoisotopic (exact) mass is 328 g/mol. The smallest absolute Gasteiger partial charge is 0.107 e. The molecule has 0 bridgehead atoms. The SMILES string of the molecule is O=S(=O)([O-])CCCOCC#CCOCCCS(=O)(=O)[O-]. The first-order valence-electron chi connectivity index (χ1n) is 5.69. The third-order valence-corrected chi connectivity index (χ3v) is 3.42. The lowest BCUT2D eigenvalue weighted by Crippen LogP contribution is -2.08. The van der Waals surface area contributed by atoms with Crippen molar-refractivity contribution in [2.24, 2.45) is 0 Å². The van der Waals surface area contributed by atoms with Gasteiger partial charge in [-0.25, -0.2) is 16.8 Å². The standard InChI is InChI=1S/C10H18O8S2/c11-19(12,13)9-3-7-17-5-1-2-6-18-8-4-10-20(14,15)16/h3-10H2,(H,11,12,13)(H,14,15,16)/p-2. The Morgan fingerprint density at radius 1 is 0.750 bits per heavy atom. The maximum Gasteiger partial charge on any atom is 0.107 e. The summed E-state index contributed by atoms with van der Waals surface area (Å²) in [4.78, 5) is 0. The van der Waals surface area contributed by atoms with E-state index < -0.39 is 31.7 Å². The Kier molecular flexibility index (Phi) is 9.74. The Labute approximate surface area is 119 Å². The molecule has 0 saturated heterocycles. The Morgan fingerprint density at radius 3 is 1.40 bits per heavy atom. The third-order valence-electron chi connectivity index (χ3n) is 1.84. The van der Waals surface area contributed by atoms with Crippen LogP contribution in [0.3, 0.4) is 0 Å². The van der Waals surface area contributed by atoms with E-state index in [0.29, 0.717) is 0 Å². The van der Waals surface area contributed by atoms with Gasteiger partial charge in [0.15, 0.2) is 0 Å². The molecule has 20 heavy (non-hydrogen) atoms. The zero-order valence-corrected chi connectivity index (χ0v) is 12.4. The van der Waals surface area contributed by atoms with Crippen molar-refractivity contribution in [1.29, 1.82) is 0 Å². The van der Waals surface area contributed by atoms with E-state index in [4.69, 9.17) is 9.47 Å². The molecule has 0 fully saturated rings. The fourth-order valence-corrected chi connectivity index (χ4v) is 1.97. The second kappa shape index (κ2) is 10.1. The summed E-state index contributed by atoms with van der Waals surface area (Å²) < 4.78 is 71.3. The quantitative estimate of drug-likeness (QED) is 0.280. The minimum atomic E-state index is -4.20. The molecule has 0 radical (unpaired) electrons. The molecule has 0 amide bonds. The molecular formula is C10H16O8S2-2. The van der Waals surface area contributed by atoms with Crippen molar-refractivity contribution in [2.75, 3.05) is 37.9 Å². The van der Waals surface area contributed by atoms with Gasteiger partial charge in [-0.2, -0.15) is 0 Å². The largest absolute Gasteiger partial charge is 0.748 e. The molecule has 0 rings (SSSR count). The van der Waals surface area contributed by atoms with Crippen LogP contribution < -0.4 is 0 Å². The van der Waals surface area contributed by atoms with Gasteiger partial charge in [0.05, 0.1) is 20.2 Å². The van der Waals surface area contributed by atoms with Gasteiger partial charge in [0.2, 0.25) is 0 Å². The Morgan fingerprint density at radius 2 is 1.10 bits per heavy atom. The molecule has 0 N–H and O–H groups in total. The van der Waals surface area contributed by atoms with Crippen LogP contribution in [0.25, 0.3) is 0 Å². The molecule has 0 aromatic heterocycles. The minimum Gasteiger partial charge on any atom is -0.748 e. The van der Waals surface area contributed by atoms with Gasteiger partial charge in [0, 0.05) is 24.7 Å². The van der Waals surface area contributed by atoms with Crippen molar-refractivity contribution >= 4 is 20.2 Å². The molecule has 10 heteroatoms. The summed E-state index contributed by atoms with van der Waals surface area (Å²) in [6, 6.07) is 0. The van der Waals surface area contributed by atoms with Crippen molar-refractivity contribution < 1.29 is 35.4 Å². The van der Waals surface area contributed by atoms with E-state index in [1.54, 1.807) is 0 Å². The lowest BCUT2D eigenvalue weighted by molar-refractivity contribution is 0.162. The fourth-order valence-electron chi connectivity index (χ4n) is 1.02. The summed E-state index contributed by atoms with van der Waals surface area (Å²) in [5, 5.41) is 0. The molecule has 0 heterocycles. The molecule has 0 aliphatic heterocycles. The molecule has 0 atom stereocenters. The number of hydrogen-bond donors (Lipinski definition) is 0. The Balaban J connectivity index is 3.38. The van der Waals surface area contributed by atoms with Crippen molar-refractivity contribution in [3.63, 3.8) is 0 Å². The molecule has 8 nitrogen and oxygen atoms in total. The van der Waals surface area contributed by atoms with E-state index in [2.05, 4.69) is 11.8 Å². The summed E-state index contributed by atoms with van der Waals surface area (Å²) in [7, 11) is -8.39. The van der Waals surface area contributed by atoms with Crippen LogP contribution >= 0.6 is 0 Å². The van der Waals surface area contributed by atoms with Gasteiger partial charge in [0.25, 0.3) is 0 Å². The number of rotatable bonds is 10. The average Bonchev–Trinajstić information content (AvgIpc) is 2.27. The van der Waals surface area contributed by atoms with Crippen molar-refractivity contribution in [3.8, 4) is 11.8 Å². The highest BCUT2D eigenvalue weighted by atomic mass is 32.2. The predicted molar refractivity (Wildman–Crippen MR) is 67.8 cm³/mol. The molecule has 0 unspecified atom stereocenters. The topological polar surface area (TPSA) is 133 Å². The second-order valence-corrected chi connectivity index (χ2v) is 6.74. The van der Waals surface area contributed by atoms with Gasteiger partial charge >= 0.3 is 0 Å². The van der Waals surface area contributed by atoms with Crippen LogP contribution in [0.1, 0.15) is 12.8 Å². The van der Waals surface area contributed by atoms with Gasteiger partial charge in [-0.1, -0.05) is 11.8 Å². The van der Waals surface area contributed by atoms with Gasteiger partial charge in [-0.05, 0) is 12.8 Å². The molecule has 118 valence electrons. The summed E-state index contributed by atoms with van der Waals surface area (Å²) in [5.74, 6) is 4.24. The Bertz CT molecular complexity index is 465. The van der Waals surface area contributed by atoms with Crippen LogP contribution in [0.5, 0.6) is 0 Å². The first-order valence-corrected chi connectivity index (χ1v) is 8.84. The summed E-state index contributed by atoms with van der Waals surface area (Å²) in [6.45, 7) is 0.408. The molecule has 0 aromatic carbocycles. The average molecular weight is 328 g/mol. The zero-order valence-electron chi connectivity index (χ0n) is 10.7. The molecule has 0 saturated carbocycles. The third kappa shape index (κ3) is 17.3. The highest BCUT2D eigenvalue weighted by molar-refractivity contribution is 7.85. The number of hydrogen-bond acceptors (Lipinski definition) is 8. The van der Waals surface area contributed by atoms with Gasteiger partial charge in [-0.3, -0.25) is 0 Å². The minimum absolute atomic E-state index is 0.0806. The summed E-state index contributed by atoms with van der Waals surface area (Å²) in [6.07, 6.45) is 0.237. The van der Waals surface area contributed by atoms with Crippen LogP contribution in [-0.4, -0.2) is 63.9 Å². The lowest BCUT2D eigenvalue weighted by Gasteiger charge is -2.05. The van der Waals surface area contributed by atoms with Gasteiger partial charge < -0.3 is 18.6 Å². The highest BCUT2D eigenvalue weighted by Crippen LogP contribution is 1.90. The molecule has 0 spiro atoms.